The van der Waals surface area contributed by atoms with Gasteiger partial charge in [0.25, 0.3) is 0 Å². The van der Waals surface area contributed by atoms with Gasteiger partial charge in [0, 0.05) is 36.3 Å². The lowest BCUT2D eigenvalue weighted by Gasteiger charge is -2.34. The minimum atomic E-state index is -3.71. The summed E-state index contributed by atoms with van der Waals surface area (Å²) in [4.78, 5) is 27.7. The number of hydrogen-bond acceptors (Lipinski definition) is 10. The second-order valence-electron chi connectivity index (χ2n) is 9.88. The maximum atomic E-state index is 13.4. The van der Waals surface area contributed by atoms with Gasteiger partial charge in [-0.15, -0.1) is 0 Å². The Hall–Kier alpha value is -3.55. The minimum absolute atomic E-state index is 0.0238. The summed E-state index contributed by atoms with van der Waals surface area (Å²) >= 11 is 0. The van der Waals surface area contributed by atoms with Crippen LogP contribution in [0.25, 0.3) is 11.4 Å². The fourth-order valence-corrected chi connectivity index (χ4v) is 7.36. The van der Waals surface area contributed by atoms with E-state index in [2.05, 4.69) is 27.4 Å². The van der Waals surface area contributed by atoms with Gasteiger partial charge >= 0.3 is 6.03 Å². The number of nitrogens with one attached hydrogen (secondary N) is 2. The average molecular weight is 557 g/mol. The molecule has 2 aromatic heterocycles. The summed E-state index contributed by atoms with van der Waals surface area (Å²) in [6, 6.07) is 8.64. The number of urea groups is 1. The SMILES string of the molecule is Cc1ocnc1S(=O)(=O)C1C(C)C1c1cc(N2CCOC[C@@H]2C)nc(-c2ccc(NC(=O)NCCO)cc2)n1. The highest BCUT2D eigenvalue weighted by Gasteiger charge is 2.58. The number of carbonyl (C=O) groups excluding carboxylic acids is 1. The van der Waals surface area contributed by atoms with Crippen LogP contribution in [0.5, 0.6) is 0 Å². The van der Waals surface area contributed by atoms with Crippen LogP contribution in [0.4, 0.5) is 16.3 Å². The molecule has 39 heavy (non-hydrogen) atoms. The topological polar surface area (TPSA) is 160 Å². The summed E-state index contributed by atoms with van der Waals surface area (Å²) in [6.07, 6.45) is 1.15. The van der Waals surface area contributed by atoms with Gasteiger partial charge in [-0.25, -0.2) is 28.2 Å². The van der Waals surface area contributed by atoms with Crippen LogP contribution in [0.1, 0.15) is 31.2 Å². The summed E-state index contributed by atoms with van der Waals surface area (Å²) in [5, 5.41) is 13.4. The average Bonchev–Trinajstić information content (AvgIpc) is 3.42. The van der Waals surface area contributed by atoms with Crippen molar-refractivity contribution in [3.05, 3.63) is 48.2 Å². The van der Waals surface area contributed by atoms with E-state index >= 15 is 0 Å². The number of anilines is 2. The minimum Gasteiger partial charge on any atom is -0.447 e. The van der Waals surface area contributed by atoms with Crippen molar-refractivity contribution in [3.8, 4) is 11.4 Å². The lowest BCUT2D eigenvalue weighted by Crippen LogP contribution is -2.44. The van der Waals surface area contributed by atoms with Crippen molar-refractivity contribution in [1.29, 1.82) is 0 Å². The van der Waals surface area contributed by atoms with Crippen molar-refractivity contribution < 1.29 is 27.5 Å². The van der Waals surface area contributed by atoms with Crippen LogP contribution in [0.15, 0.2) is 46.2 Å². The van der Waals surface area contributed by atoms with Gasteiger partial charge in [0.1, 0.15) is 11.6 Å². The highest BCUT2D eigenvalue weighted by molar-refractivity contribution is 7.92. The molecule has 2 aliphatic rings. The first kappa shape index (κ1) is 27.0. The number of nitrogens with zero attached hydrogens (tertiary/aromatic N) is 4. The van der Waals surface area contributed by atoms with Gasteiger partial charge in [-0.05, 0) is 44.0 Å². The molecule has 1 saturated carbocycles. The van der Waals surface area contributed by atoms with Gasteiger partial charge in [-0.1, -0.05) is 6.92 Å². The normalized spacial score (nSPS) is 22.9. The van der Waals surface area contributed by atoms with Crippen molar-refractivity contribution >= 4 is 27.4 Å². The van der Waals surface area contributed by atoms with E-state index in [-0.39, 0.29) is 41.8 Å². The first-order chi connectivity index (χ1) is 18.7. The maximum Gasteiger partial charge on any atom is 0.319 e. The molecule has 3 unspecified atom stereocenters. The predicted octanol–water partition coefficient (Wildman–Crippen LogP) is 2.35. The number of morpholine rings is 1. The number of aromatic nitrogens is 3. The molecule has 2 amide bonds. The molecule has 1 saturated heterocycles. The van der Waals surface area contributed by atoms with E-state index in [9.17, 15) is 13.2 Å². The number of rotatable bonds is 8. The van der Waals surface area contributed by atoms with Crippen LogP contribution < -0.4 is 15.5 Å². The van der Waals surface area contributed by atoms with Crippen LogP contribution >= 0.6 is 0 Å². The lowest BCUT2D eigenvalue weighted by molar-refractivity contribution is 0.0985. The monoisotopic (exact) mass is 556 g/mol. The Bertz CT molecular complexity index is 1440. The Labute approximate surface area is 226 Å². The summed E-state index contributed by atoms with van der Waals surface area (Å²) in [7, 11) is -3.71. The number of oxazole rings is 1. The van der Waals surface area contributed by atoms with Crippen LogP contribution in [0, 0.1) is 12.8 Å². The summed E-state index contributed by atoms with van der Waals surface area (Å²) in [5.74, 6) is 0.972. The Morgan fingerprint density at radius 2 is 1.97 bits per heavy atom. The third-order valence-corrected chi connectivity index (χ3v) is 9.53. The smallest absolute Gasteiger partial charge is 0.319 e. The van der Waals surface area contributed by atoms with Gasteiger partial charge in [0.05, 0.1) is 36.8 Å². The predicted molar refractivity (Wildman–Crippen MR) is 143 cm³/mol. The number of amides is 2. The Kier molecular flexibility index (Phi) is 7.56. The molecule has 3 N–H and O–H groups in total. The van der Waals surface area contributed by atoms with Crippen LogP contribution in [-0.4, -0.2) is 78.7 Å². The number of ether oxygens (including phenoxy) is 1. The van der Waals surface area contributed by atoms with Crippen molar-refractivity contribution in [2.45, 2.75) is 43.0 Å². The van der Waals surface area contributed by atoms with Gasteiger partial charge in [0.2, 0.25) is 9.84 Å². The molecule has 3 aromatic rings. The summed E-state index contributed by atoms with van der Waals surface area (Å²) < 4.78 is 37.6. The van der Waals surface area contributed by atoms with E-state index in [1.165, 1.54) is 0 Å². The fourth-order valence-electron chi connectivity index (χ4n) is 5.05. The molecule has 208 valence electrons. The lowest BCUT2D eigenvalue weighted by atomic mass is 10.1. The zero-order valence-corrected chi connectivity index (χ0v) is 22.8. The molecule has 1 aromatic carbocycles. The zero-order valence-electron chi connectivity index (χ0n) is 22.0. The van der Waals surface area contributed by atoms with Gasteiger partial charge < -0.3 is 29.8 Å². The molecule has 1 aliphatic carbocycles. The summed E-state index contributed by atoms with van der Waals surface area (Å²) in [6.45, 7) is 7.35. The molecule has 1 aliphatic heterocycles. The van der Waals surface area contributed by atoms with Gasteiger partial charge in [0.15, 0.2) is 17.2 Å². The fraction of sp³-hybridized carbons (Fsp3) is 0.462. The maximum absolute atomic E-state index is 13.4. The number of hydrogen-bond donors (Lipinski definition) is 3. The molecule has 3 heterocycles. The van der Waals surface area contributed by atoms with E-state index in [0.29, 0.717) is 42.8 Å². The molecule has 0 bridgehead atoms. The largest absolute Gasteiger partial charge is 0.447 e. The van der Waals surface area contributed by atoms with E-state index in [1.807, 2.05) is 13.0 Å². The molecular weight excluding hydrogens is 524 g/mol. The van der Waals surface area contributed by atoms with E-state index in [0.717, 1.165) is 12.0 Å². The molecule has 4 atom stereocenters. The van der Waals surface area contributed by atoms with E-state index < -0.39 is 21.1 Å². The first-order valence-electron chi connectivity index (χ1n) is 12.8. The molecule has 0 spiro atoms. The summed E-state index contributed by atoms with van der Waals surface area (Å²) in [5.41, 5.74) is 1.94. The highest BCUT2D eigenvalue weighted by Crippen LogP contribution is 2.53. The third kappa shape index (κ3) is 5.47. The van der Waals surface area contributed by atoms with Crippen molar-refractivity contribution in [2.75, 3.05) is 43.1 Å². The Balaban J connectivity index is 1.48. The number of aliphatic hydroxyl groups excluding tert-OH is 1. The molecule has 5 rings (SSSR count). The first-order valence-corrected chi connectivity index (χ1v) is 14.4. The van der Waals surface area contributed by atoms with Crippen LogP contribution in [-0.2, 0) is 14.6 Å². The van der Waals surface area contributed by atoms with Crippen molar-refractivity contribution in [1.82, 2.24) is 20.3 Å². The molecule has 12 nitrogen and oxygen atoms in total. The molecule has 2 fully saturated rings. The van der Waals surface area contributed by atoms with E-state index in [4.69, 9.17) is 24.2 Å². The van der Waals surface area contributed by atoms with Gasteiger partial charge in [-0.3, -0.25) is 0 Å². The second kappa shape index (κ2) is 10.9. The second-order valence-corrected chi connectivity index (χ2v) is 11.9. The number of benzene rings is 1. The highest BCUT2D eigenvalue weighted by atomic mass is 32.2. The van der Waals surface area contributed by atoms with Crippen LogP contribution in [0.2, 0.25) is 0 Å². The molecule has 0 radical (unpaired) electrons. The van der Waals surface area contributed by atoms with Crippen LogP contribution in [0.3, 0.4) is 0 Å². The van der Waals surface area contributed by atoms with E-state index in [1.54, 1.807) is 31.2 Å². The molecule has 13 heteroatoms. The van der Waals surface area contributed by atoms with Crippen molar-refractivity contribution in [3.63, 3.8) is 0 Å². The van der Waals surface area contributed by atoms with Gasteiger partial charge in [-0.2, -0.15) is 0 Å². The molecular formula is C26H32N6O6S. The zero-order chi connectivity index (χ0) is 27.7. The Morgan fingerprint density at radius 3 is 2.64 bits per heavy atom. The number of aliphatic hydroxyl groups is 1. The number of aryl methyl sites for hydroxylation is 1. The number of sulfone groups is 1. The quantitative estimate of drug-likeness (QED) is 0.376. The number of carbonyl (C=O) groups is 1. The van der Waals surface area contributed by atoms with Crippen molar-refractivity contribution in [2.24, 2.45) is 5.92 Å². The standard InChI is InChI=1S/C26H32N6O6S/c1-15-13-37-11-9-32(15)21-12-20(22-16(2)23(22)39(35,36)25-17(3)38-14-28-25)30-24(31-21)18-4-6-19(7-5-18)29-26(34)27-8-10-33/h4-7,12,14-16,22-23,33H,8-11,13H2,1-3H3,(H2,27,29,34)/t15-,16?,22?,23?/m0/s1. The Morgan fingerprint density at radius 1 is 1.21 bits per heavy atom. The third-order valence-electron chi connectivity index (χ3n) is 7.16.